The zero-order chi connectivity index (χ0) is 27.5. The lowest BCUT2D eigenvalue weighted by atomic mass is 9.90. The Labute approximate surface area is 237 Å². The Balaban J connectivity index is 1.17. The number of hydrogen-bond donors (Lipinski definition) is 3. The number of anilines is 1. The number of rotatable bonds is 9. The molecule has 0 spiro atoms. The van der Waals surface area contributed by atoms with Crippen LogP contribution >= 0.6 is 23.2 Å². The van der Waals surface area contributed by atoms with Gasteiger partial charge >= 0.3 is 12.0 Å². The normalized spacial score (nSPS) is 17.2. The lowest BCUT2D eigenvalue weighted by Gasteiger charge is -2.41. The van der Waals surface area contributed by atoms with Crippen LogP contribution in [0.25, 0.3) is 0 Å². The van der Waals surface area contributed by atoms with Crippen LogP contribution in [0.4, 0.5) is 10.5 Å². The molecule has 39 heavy (non-hydrogen) atoms. The molecule has 2 unspecified atom stereocenters. The Morgan fingerprint density at radius 1 is 0.974 bits per heavy atom. The highest BCUT2D eigenvalue weighted by molar-refractivity contribution is 6.40. The average molecular weight is 566 g/mol. The van der Waals surface area contributed by atoms with Crippen LogP contribution in [-0.2, 0) is 11.2 Å². The Bertz CT molecular complexity index is 1370. The van der Waals surface area contributed by atoms with Gasteiger partial charge in [0.1, 0.15) is 0 Å². The Morgan fingerprint density at radius 3 is 2.33 bits per heavy atom. The maximum Gasteiger partial charge on any atom is 0.315 e. The number of halogens is 2. The van der Waals surface area contributed by atoms with Crippen molar-refractivity contribution in [1.82, 2.24) is 10.6 Å². The molecule has 3 aromatic carbocycles. The van der Waals surface area contributed by atoms with Gasteiger partial charge in [0.25, 0.3) is 0 Å². The topological polar surface area (TPSA) is 98.7 Å². The van der Waals surface area contributed by atoms with E-state index in [0.29, 0.717) is 5.92 Å². The molecule has 1 aliphatic carbocycles. The second-order valence-corrected chi connectivity index (χ2v) is 10.9. The van der Waals surface area contributed by atoms with E-state index >= 15 is 0 Å². The third-order valence-corrected chi connectivity index (χ3v) is 8.15. The molecule has 3 N–H and O–H groups in total. The number of aryl methyl sites for hydroxylation is 1. The first-order valence-electron chi connectivity index (χ1n) is 13.0. The quantitative estimate of drug-likeness (QED) is 0.282. The second-order valence-electron chi connectivity index (χ2n) is 10.1. The Morgan fingerprint density at radius 2 is 1.64 bits per heavy atom. The van der Waals surface area contributed by atoms with Crippen molar-refractivity contribution in [1.29, 1.82) is 0 Å². The highest BCUT2D eigenvalue weighted by atomic mass is 35.5. The lowest BCUT2D eigenvalue weighted by Crippen LogP contribution is -2.45. The summed E-state index contributed by atoms with van der Waals surface area (Å²) in [4.78, 5) is 39.6. The number of benzene rings is 3. The fourth-order valence-electron chi connectivity index (χ4n) is 5.34. The van der Waals surface area contributed by atoms with Gasteiger partial charge in [0, 0.05) is 37.7 Å². The molecule has 2 aliphatic rings. The number of nitrogens with one attached hydrogen (secondary N) is 2. The molecule has 3 aromatic rings. The molecule has 1 aliphatic heterocycles. The van der Waals surface area contributed by atoms with Crippen molar-refractivity contribution in [3.63, 3.8) is 0 Å². The van der Waals surface area contributed by atoms with Gasteiger partial charge in [-0.25, -0.2) is 4.79 Å². The number of hydrogen-bond acceptors (Lipinski definition) is 4. The first kappa shape index (κ1) is 27.0. The number of nitrogens with zero attached hydrogens (tertiary/aromatic N) is 1. The van der Waals surface area contributed by atoms with Crippen LogP contribution < -0.4 is 15.5 Å². The lowest BCUT2D eigenvalue weighted by molar-refractivity contribution is -0.141. The molecule has 1 saturated heterocycles. The van der Waals surface area contributed by atoms with Gasteiger partial charge in [-0.2, -0.15) is 0 Å². The minimum atomic E-state index is -1.19. The number of carboxylic acids is 1. The zero-order valence-electron chi connectivity index (χ0n) is 21.2. The predicted molar refractivity (Wildman–Crippen MR) is 152 cm³/mol. The van der Waals surface area contributed by atoms with Gasteiger partial charge in [-0.05, 0) is 41.7 Å². The Kier molecular flexibility index (Phi) is 8.10. The molecule has 1 fully saturated rings. The minimum absolute atomic E-state index is 0.0977. The summed E-state index contributed by atoms with van der Waals surface area (Å²) in [6.45, 7) is 1.42. The summed E-state index contributed by atoms with van der Waals surface area (Å²) in [5, 5.41) is 15.6. The maximum absolute atomic E-state index is 13.1. The number of amides is 2. The largest absolute Gasteiger partial charge is 0.481 e. The number of aliphatic carboxylic acids is 1. The van der Waals surface area contributed by atoms with Gasteiger partial charge in [0.05, 0.1) is 27.6 Å². The van der Waals surface area contributed by atoms with Crippen LogP contribution in [0.15, 0.2) is 66.7 Å². The standard InChI is InChI=1S/C30H29Cl2N3O4/c31-24-13-22(35-16-21(17-35)18-6-2-1-3-7-18)14-25(32)28(24)27(36)12-20(29(37)38)15-33-30(39)34-26-11-10-19-8-4-5-9-23(19)26/h1-9,13-14,20-21,26H,10-12,15-17H2,(H,37,38)(H2,33,34,39). The van der Waals surface area contributed by atoms with E-state index in [1.165, 1.54) is 11.1 Å². The minimum Gasteiger partial charge on any atom is -0.481 e. The molecule has 0 saturated carbocycles. The van der Waals surface area contributed by atoms with Gasteiger partial charge in [-0.15, -0.1) is 0 Å². The van der Waals surface area contributed by atoms with Crippen molar-refractivity contribution in [2.24, 2.45) is 5.92 Å². The van der Waals surface area contributed by atoms with E-state index < -0.39 is 23.7 Å². The third kappa shape index (κ3) is 6.05. The molecule has 5 rings (SSSR count). The van der Waals surface area contributed by atoms with Gasteiger partial charge in [0.2, 0.25) is 0 Å². The summed E-state index contributed by atoms with van der Waals surface area (Å²) in [7, 11) is 0. The second kappa shape index (κ2) is 11.7. The zero-order valence-corrected chi connectivity index (χ0v) is 22.7. The van der Waals surface area contributed by atoms with Crippen molar-refractivity contribution in [3.05, 3.63) is 99.0 Å². The summed E-state index contributed by atoms with van der Waals surface area (Å²) < 4.78 is 0. The van der Waals surface area contributed by atoms with Gasteiger partial charge < -0.3 is 20.6 Å². The number of fused-ring (bicyclic) bond motifs is 1. The number of urea groups is 1. The van der Waals surface area contributed by atoms with E-state index in [0.717, 1.165) is 37.2 Å². The summed E-state index contributed by atoms with van der Waals surface area (Å²) in [6, 6.07) is 20.9. The van der Waals surface area contributed by atoms with Crippen molar-refractivity contribution < 1.29 is 19.5 Å². The van der Waals surface area contributed by atoms with E-state index in [-0.39, 0.29) is 34.6 Å². The van der Waals surface area contributed by atoms with Crippen LogP contribution in [-0.4, -0.2) is 42.5 Å². The van der Waals surface area contributed by atoms with E-state index in [1.54, 1.807) is 12.1 Å². The molecule has 0 radical (unpaired) electrons. The van der Waals surface area contributed by atoms with Gasteiger partial charge in [0.15, 0.2) is 5.78 Å². The van der Waals surface area contributed by atoms with Crippen LogP contribution in [0.5, 0.6) is 0 Å². The van der Waals surface area contributed by atoms with E-state index in [1.807, 2.05) is 42.5 Å². The fourth-order valence-corrected chi connectivity index (χ4v) is 6.03. The highest BCUT2D eigenvalue weighted by Crippen LogP contribution is 2.37. The van der Waals surface area contributed by atoms with E-state index in [4.69, 9.17) is 23.2 Å². The smallest absolute Gasteiger partial charge is 0.315 e. The first-order chi connectivity index (χ1) is 18.8. The number of carboxylic acid groups (broad SMARTS) is 1. The summed E-state index contributed by atoms with van der Waals surface area (Å²) in [6.07, 6.45) is 1.31. The van der Waals surface area contributed by atoms with Crippen LogP contribution in [0.2, 0.25) is 10.0 Å². The van der Waals surface area contributed by atoms with Crippen LogP contribution in [0.3, 0.4) is 0 Å². The highest BCUT2D eigenvalue weighted by Gasteiger charge is 2.31. The molecular formula is C30H29Cl2N3O4. The van der Waals surface area contributed by atoms with Gasteiger partial charge in [-0.3, -0.25) is 9.59 Å². The number of carbonyl (C=O) groups excluding carboxylic acids is 2. The molecule has 0 bridgehead atoms. The molecule has 0 aromatic heterocycles. The molecule has 2 atom stereocenters. The van der Waals surface area contributed by atoms with E-state index in [2.05, 4.69) is 27.7 Å². The fraction of sp³-hybridized carbons (Fsp3) is 0.300. The van der Waals surface area contributed by atoms with Crippen molar-refractivity contribution in [3.8, 4) is 0 Å². The molecule has 9 heteroatoms. The first-order valence-corrected chi connectivity index (χ1v) is 13.7. The molecule has 202 valence electrons. The summed E-state index contributed by atoms with van der Waals surface area (Å²) in [5.74, 6) is -2.39. The Hall–Kier alpha value is -3.55. The maximum atomic E-state index is 13.1. The van der Waals surface area contributed by atoms with Crippen molar-refractivity contribution in [2.75, 3.05) is 24.5 Å². The van der Waals surface area contributed by atoms with Crippen molar-refractivity contribution in [2.45, 2.75) is 31.2 Å². The summed E-state index contributed by atoms with van der Waals surface area (Å²) in [5.41, 5.74) is 4.45. The van der Waals surface area contributed by atoms with Gasteiger partial charge in [-0.1, -0.05) is 77.8 Å². The SMILES string of the molecule is O=C(NCC(CC(=O)c1c(Cl)cc(N2CC(c3ccccc3)C2)cc1Cl)C(=O)O)NC1CCc2ccccc21. The molecule has 2 amide bonds. The number of Topliss-reactive ketones (excluding diaryl/α,β-unsaturated/α-hetero) is 1. The number of ketones is 1. The van der Waals surface area contributed by atoms with Crippen LogP contribution in [0, 0.1) is 5.92 Å². The van der Waals surface area contributed by atoms with E-state index in [9.17, 15) is 19.5 Å². The molecule has 7 nitrogen and oxygen atoms in total. The predicted octanol–water partition coefficient (Wildman–Crippen LogP) is 5.86. The monoisotopic (exact) mass is 565 g/mol. The van der Waals surface area contributed by atoms with Crippen molar-refractivity contribution >= 4 is 46.7 Å². The molecular weight excluding hydrogens is 537 g/mol. The number of carbonyl (C=O) groups is 3. The molecule has 1 heterocycles. The van der Waals surface area contributed by atoms with Crippen LogP contribution in [0.1, 0.15) is 51.8 Å². The summed E-state index contributed by atoms with van der Waals surface area (Å²) >= 11 is 13.0. The average Bonchev–Trinajstić information content (AvgIpc) is 3.28. The third-order valence-electron chi connectivity index (χ3n) is 7.55.